The molecule has 88 valence electrons. The van der Waals surface area contributed by atoms with E-state index in [0.717, 1.165) is 12.5 Å². The Morgan fingerprint density at radius 3 is 2.67 bits per heavy atom. The van der Waals surface area contributed by atoms with Gasteiger partial charge in [0, 0.05) is 6.04 Å². The molecule has 1 aliphatic rings. The van der Waals surface area contributed by atoms with E-state index in [4.69, 9.17) is 4.74 Å². The minimum atomic E-state index is -0.128. The van der Waals surface area contributed by atoms with Crippen LogP contribution in [0.1, 0.15) is 39.5 Å². The largest absolute Gasteiger partial charge is 0.469 e. The summed E-state index contributed by atoms with van der Waals surface area (Å²) in [6.07, 6.45) is 5.41. The highest BCUT2D eigenvalue weighted by Crippen LogP contribution is 2.33. The molecule has 3 heteroatoms. The highest BCUT2D eigenvalue weighted by Gasteiger charge is 2.22. The van der Waals surface area contributed by atoms with Gasteiger partial charge >= 0.3 is 5.97 Å². The molecule has 2 unspecified atom stereocenters. The Hall–Kier alpha value is -0.570. The fourth-order valence-corrected chi connectivity index (χ4v) is 1.69. The lowest BCUT2D eigenvalue weighted by molar-refractivity contribution is -0.145. The van der Waals surface area contributed by atoms with Gasteiger partial charge in [-0.2, -0.15) is 0 Å². The van der Waals surface area contributed by atoms with E-state index >= 15 is 0 Å². The number of carbonyl (C=O) groups is 1. The van der Waals surface area contributed by atoms with Crippen LogP contribution in [-0.4, -0.2) is 25.7 Å². The molecule has 0 aromatic rings. The van der Waals surface area contributed by atoms with E-state index < -0.39 is 0 Å². The van der Waals surface area contributed by atoms with Crippen molar-refractivity contribution in [3.63, 3.8) is 0 Å². The molecule has 1 saturated carbocycles. The average molecular weight is 213 g/mol. The first-order valence-electron chi connectivity index (χ1n) is 5.96. The summed E-state index contributed by atoms with van der Waals surface area (Å²) in [4.78, 5) is 11.2. The number of esters is 1. The van der Waals surface area contributed by atoms with Crippen molar-refractivity contribution in [2.45, 2.75) is 45.6 Å². The van der Waals surface area contributed by atoms with Crippen LogP contribution in [0.5, 0.6) is 0 Å². The van der Waals surface area contributed by atoms with Gasteiger partial charge in [0.2, 0.25) is 0 Å². The number of hydrogen-bond acceptors (Lipinski definition) is 3. The second-order valence-electron chi connectivity index (χ2n) is 4.64. The Morgan fingerprint density at radius 1 is 1.47 bits per heavy atom. The van der Waals surface area contributed by atoms with Gasteiger partial charge in [0.05, 0.1) is 13.0 Å². The van der Waals surface area contributed by atoms with Gasteiger partial charge in [0.1, 0.15) is 0 Å². The smallest absolute Gasteiger partial charge is 0.309 e. The number of nitrogens with one attached hydrogen (secondary N) is 1. The molecule has 0 radical (unpaired) electrons. The van der Waals surface area contributed by atoms with Crippen molar-refractivity contribution in [1.29, 1.82) is 0 Å². The van der Waals surface area contributed by atoms with E-state index in [-0.39, 0.29) is 17.9 Å². The van der Waals surface area contributed by atoms with Gasteiger partial charge < -0.3 is 10.1 Å². The normalized spacial score (nSPS) is 19.7. The summed E-state index contributed by atoms with van der Waals surface area (Å²) in [5, 5.41) is 3.38. The Kier molecular flexibility index (Phi) is 5.09. The number of methoxy groups -OCH3 is 1. The molecule has 0 aliphatic heterocycles. The van der Waals surface area contributed by atoms with E-state index in [1.165, 1.54) is 32.8 Å². The third kappa shape index (κ3) is 4.65. The first kappa shape index (κ1) is 12.5. The standard InChI is InChI=1S/C12H23NO2/c1-9(12(14)15-3)10(2)13-8-4-5-11-6-7-11/h9-11,13H,4-8H2,1-3H3. The number of hydrogen-bond donors (Lipinski definition) is 1. The molecule has 0 aromatic carbocycles. The topological polar surface area (TPSA) is 38.3 Å². The van der Waals surface area contributed by atoms with Gasteiger partial charge in [-0.25, -0.2) is 0 Å². The monoisotopic (exact) mass is 213 g/mol. The molecule has 0 saturated heterocycles. The molecule has 1 rings (SSSR count). The number of carbonyl (C=O) groups excluding carboxylic acids is 1. The zero-order valence-electron chi connectivity index (χ0n) is 10.1. The maximum atomic E-state index is 11.2. The lowest BCUT2D eigenvalue weighted by Gasteiger charge is -2.19. The van der Waals surface area contributed by atoms with E-state index in [0.29, 0.717) is 0 Å². The zero-order valence-corrected chi connectivity index (χ0v) is 10.1. The lowest BCUT2D eigenvalue weighted by atomic mass is 10.0. The first-order valence-corrected chi connectivity index (χ1v) is 5.96. The highest BCUT2D eigenvalue weighted by molar-refractivity contribution is 5.72. The summed E-state index contributed by atoms with van der Waals surface area (Å²) >= 11 is 0. The van der Waals surface area contributed by atoms with Crippen molar-refractivity contribution >= 4 is 5.97 Å². The van der Waals surface area contributed by atoms with Crippen LogP contribution in [0.3, 0.4) is 0 Å². The Morgan fingerprint density at radius 2 is 2.13 bits per heavy atom. The van der Waals surface area contributed by atoms with Crippen LogP contribution in [0.2, 0.25) is 0 Å². The Labute approximate surface area is 92.6 Å². The predicted molar refractivity (Wildman–Crippen MR) is 60.6 cm³/mol. The van der Waals surface area contributed by atoms with Crippen molar-refractivity contribution in [3.05, 3.63) is 0 Å². The SMILES string of the molecule is COC(=O)C(C)C(C)NCCCC1CC1. The second-order valence-corrected chi connectivity index (χ2v) is 4.64. The van der Waals surface area contributed by atoms with Crippen LogP contribution in [0.25, 0.3) is 0 Å². The molecule has 3 nitrogen and oxygen atoms in total. The Balaban J connectivity index is 2.05. The fourth-order valence-electron chi connectivity index (χ4n) is 1.69. The maximum Gasteiger partial charge on any atom is 0.309 e. The summed E-state index contributed by atoms with van der Waals surface area (Å²) in [6.45, 7) is 4.96. The molecule has 0 amide bonds. The van der Waals surface area contributed by atoms with Crippen molar-refractivity contribution in [1.82, 2.24) is 5.32 Å². The fraction of sp³-hybridized carbons (Fsp3) is 0.917. The average Bonchev–Trinajstić information content (AvgIpc) is 3.05. The molecule has 2 atom stereocenters. The quantitative estimate of drug-likeness (QED) is 0.519. The van der Waals surface area contributed by atoms with E-state index in [1.54, 1.807) is 0 Å². The molecular weight excluding hydrogens is 190 g/mol. The Bertz CT molecular complexity index is 202. The van der Waals surface area contributed by atoms with Crippen LogP contribution < -0.4 is 5.32 Å². The summed E-state index contributed by atoms with van der Waals surface area (Å²) in [5.74, 6) is 0.813. The minimum Gasteiger partial charge on any atom is -0.469 e. The van der Waals surface area contributed by atoms with Gasteiger partial charge in [-0.3, -0.25) is 4.79 Å². The molecule has 0 aromatic heterocycles. The van der Waals surface area contributed by atoms with Gasteiger partial charge in [-0.05, 0) is 32.2 Å². The van der Waals surface area contributed by atoms with Crippen LogP contribution in [0.15, 0.2) is 0 Å². The molecular formula is C12H23NO2. The van der Waals surface area contributed by atoms with Crippen molar-refractivity contribution < 1.29 is 9.53 Å². The third-order valence-electron chi connectivity index (χ3n) is 3.28. The van der Waals surface area contributed by atoms with E-state index in [9.17, 15) is 4.79 Å². The molecule has 0 spiro atoms. The maximum absolute atomic E-state index is 11.2. The second kappa shape index (κ2) is 6.11. The molecule has 1 aliphatic carbocycles. The van der Waals surface area contributed by atoms with Crippen LogP contribution >= 0.6 is 0 Å². The van der Waals surface area contributed by atoms with Gasteiger partial charge in [-0.15, -0.1) is 0 Å². The van der Waals surface area contributed by atoms with Gasteiger partial charge in [0.15, 0.2) is 0 Å². The van der Waals surface area contributed by atoms with Crippen molar-refractivity contribution in [2.75, 3.05) is 13.7 Å². The summed E-state index contributed by atoms with van der Waals surface area (Å²) in [6, 6.07) is 0.205. The van der Waals surface area contributed by atoms with Gasteiger partial charge in [0.25, 0.3) is 0 Å². The molecule has 1 N–H and O–H groups in total. The van der Waals surface area contributed by atoms with Crippen LogP contribution in [0.4, 0.5) is 0 Å². The van der Waals surface area contributed by atoms with Crippen molar-refractivity contribution in [2.24, 2.45) is 11.8 Å². The van der Waals surface area contributed by atoms with Crippen molar-refractivity contribution in [3.8, 4) is 0 Å². The predicted octanol–water partition coefficient (Wildman–Crippen LogP) is 1.96. The zero-order chi connectivity index (χ0) is 11.3. The van der Waals surface area contributed by atoms with Gasteiger partial charge in [-0.1, -0.05) is 19.8 Å². The molecule has 1 fully saturated rings. The van der Waals surface area contributed by atoms with E-state index in [1.807, 2.05) is 13.8 Å². The highest BCUT2D eigenvalue weighted by atomic mass is 16.5. The third-order valence-corrected chi connectivity index (χ3v) is 3.28. The molecule has 15 heavy (non-hydrogen) atoms. The number of ether oxygens (including phenoxy) is 1. The molecule has 0 heterocycles. The summed E-state index contributed by atoms with van der Waals surface area (Å²) in [7, 11) is 1.44. The minimum absolute atomic E-state index is 0.0593. The van der Waals surface area contributed by atoms with E-state index in [2.05, 4.69) is 5.32 Å². The van der Waals surface area contributed by atoms with Crippen LogP contribution in [-0.2, 0) is 9.53 Å². The lowest BCUT2D eigenvalue weighted by Crippen LogP contribution is -2.37. The number of rotatable bonds is 7. The summed E-state index contributed by atoms with van der Waals surface area (Å²) in [5.41, 5.74) is 0. The van der Waals surface area contributed by atoms with Crippen LogP contribution in [0, 0.1) is 11.8 Å². The molecule has 0 bridgehead atoms. The summed E-state index contributed by atoms with van der Waals surface area (Å²) < 4.78 is 4.71. The first-order chi connectivity index (χ1) is 7.15.